The normalized spacial score (nSPS) is 11.2. The molecule has 2 aromatic rings. The van der Waals surface area contributed by atoms with Gasteiger partial charge in [0.1, 0.15) is 0 Å². The van der Waals surface area contributed by atoms with Crippen LogP contribution in [0.5, 0.6) is 0 Å². The minimum Gasteiger partial charge on any atom is -0.267 e. The van der Waals surface area contributed by atoms with E-state index in [1.165, 1.54) is 6.20 Å². The molecule has 2 rings (SSSR count). The molecule has 0 fully saturated rings. The molecule has 0 unspecified atom stereocenters. The van der Waals surface area contributed by atoms with Crippen molar-refractivity contribution in [3.63, 3.8) is 0 Å². The molecule has 0 saturated carbocycles. The number of carbonyl (C=O) groups excluding carboxylic acids is 1. The lowest BCUT2D eigenvalue weighted by atomic mass is 10.2. The van der Waals surface area contributed by atoms with Crippen molar-refractivity contribution in [2.24, 2.45) is 5.10 Å². The van der Waals surface area contributed by atoms with Crippen LogP contribution < -0.4 is 5.43 Å². The van der Waals surface area contributed by atoms with Gasteiger partial charge in [-0.2, -0.15) is 5.10 Å². The summed E-state index contributed by atoms with van der Waals surface area (Å²) in [6.07, 6.45) is 3.10. The van der Waals surface area contributed by atoms with Crippen molar-refractivity contribution < 1.29 is 4.79 Å². The second-order valence-corrected chi connectivity index (χ2v) is 4.04. The summed E-state index contributed by atoms with van der Waals surface area (Å²) in [5.41, 5.74) is 5.26. The highest BCUT2D eigenvalue weighted by atomic mass is 16.2. The third kappa shape index (κ3) is 3.45. The number of aryl methyl sites for hydroxylation is 1. The van der Waals surface area contributed by atoms with Gasteiger partial charge in [0.2, 0.25) is 0 Å². The number of nitrogens with one attached hydrogen (secondary N) is 1. The van der Waals surface area contributed by atoms with Crippen molar-refractivity contribution in [2.45, 2.75) is 13.8 Å². The molecule has 0 aliphatic carbocycles. The Labute approximate surface area is 111 Å². The van der Waals surface area contributed by atoms with E-state index in [2.05, 4.69) is 20.5 Å². The topological polar surface area (TPSA) is 67.2 Å². The Morgan fingerprint density at radius 3 is 2.79 bits per heavy atom. The van der Waals surface area contributed by atoms with E-state index in [1.807, 2.05) is 25.1 Å². The van der Waals surface area contributed by atoms with Crippen LogP contribution in [0.2, 0.25) is 0 Å². The molecule has 2 aromatic heterocycles. The number of hydrazone groups is 1. The molecule has 1 N–H and O–H groups in total. The minimum absolute atomic E-state index is 0.292. The van der Waals surface area contributed by atoms with Gasteiger partial charge in [0.15, 0.2) is 0 Å². The van der Waals surface area contributed by atoms with Crippen LogP contribution in [0.4, 0.5) is 0 Å². The van der Waals surface area contributed by atoms with Crippen LogP contribution in [0, 0.1) is 6.92 Å². The number of pyridine rings is 2. The van der Waals surface area contributed by atoms with Gasteiger partial charge in [-0.3, -0.25) is 14.8 Å². The maximum absolute atomic E-state index is 11.8. The average Bonchev–Trinajstić information content (AvgIpc) is 2.45. The smallest absolute Gasteiger partial charge is 0.267 e. The predicted octanol–water partition coefficient (Wildman–Crippen LogP) is 1.94. The predicted molar refractivity (Wildman–Crippen MR) is 72.9 cm³/mol. The molecular formula is C14H14N4O. The second kappa shape index (κ2) is 5.86. The highest BCUT2D eigenvalue weighted by Crippen LogP contribution is 2.00. The summed E-state index contributed by atoms with van der Waals surface area (Å²) >= 11 is 0. The highest BCUT2D eigenvalue weighted by molar-refractivity contribution is 5.99. The molecule has 0 atom stereocenters. The van der Waals surface area contributed by atoms with E-state index in [9.17, 15) is 4.79 Å². The number of hydrogen-bond donors (Lipinski definition) is 1. The number of aromatic nitrogens is 2. The first-order valence-electron chi connectivity index (χ1n) is 5.85. The van der Waals surface area contributed by atoms with Gasteiger partial charge >= 0.3 is 0 Å². The molecular weight excluding hydrogens is 240 g/mol. The van der Waals surface area contributed by atoms with E-state index < -0.39 is 0 Å². The number of rotatable bonds is 3. The third-order valence-electron chi connectivity index (χ3n) is 2.51. The largest absolute Gasteiger partial charge is 0.272 e. The first kappa shape index (κ1) is 12.9. The zero-order valence-electron chi connectivity index (χ0n) is 10.8. The van der Waals surface area contributed by atoms with Crippen molar-refractivity contribution in [3.05, 3.63) is 59.7 Å². The van der Waals surface area contributed by atoms with Crippen LogP contribution >= 0.6 is 0 Å². The van der Waals surface area contributed by atoms with Crippen molar-refractivity contribution in [3.8, 4) is 0 Å². The molecule has 0 aromatic carbocycles. The number of hydrogen-bond acceptors (Lipinski definition) is 4. The zero-order chi connectivity index (χ0) is 13.7. The summed E-state index contributed by atoms with van der Waals surface area (Å²) in [7, 11) is 0. The summed E-state index contributed by atoms with van der Waals surface area (Å²) in [6, 6.07) is 9.04. The SMILES string of the molecule is C/C(=N/NC(=O)c1cccnc1)c1cccc(C)n1. The fourth-order valence-corrected chi connectivity index (χ4v) is 1.50. The summed E-state index contributed by atoms with van der Waals surface area (Å²) in [6.45, 7) is 3.70. The van der Waals surface area contributed by atoms with Crippen molar-refractivity contribution >= 4 is 11.6 Å². The first-order chi connectivity index (χ1) is 9.16. The van der Waals surface area contributed by atoms with Crippen molar-refractivity contribution in [1.29, 1.82) is 0 Å². The number of amides is 1. The average molecular weight is 254 g/mol. The van der Waals surface area contributed by atoms with E-state index in [-0.39, 0.29) is 5.91 Å². The Kier molecular flexibility index (Phi) is 3.97. The van der Waals surface area contributed by atoms with Crippen LogP contribution in [0.15, 0.2) is 47.8 Å². The molecule has 0 spiro atoms. The lowest BCUT2D eigenvalue weighted by Gasteiger charge is -2.02. The van der Waals surface area contributed by atoms with Crippen molar-refractivity contribution in [2.75, 3.05) is 0 Å². The van der Waals surface area contributed by atoms with E-state index in [0.717, 1.165) is 11.4 Å². The number of carbonyl (C=O) groups is 1. The van der Waals surface area contributed by atoms with Crippen LogP contribution in [-0.2, 0) is 0 Å². The van der Waals surface area contributed by atoms with E-state index in [0.29, 0.717) is 11.3 Å². The van der Waals surface area contributed by atoms with E-state index in [1.54, 1.807) is 25.3 Å². The van der Waals surface area contributed by atoms with Gasteiger partial charge in [-0.25, -0.2) is 5.43 Å². The minimum atomic E-state index is -0.292. The van der Waals surface area contributed by atoms with Crippen LogP contribution in [0.3, 0.4) is 0 Å². The zero-order valence-corrected chi connectivity index (χ0v) is 10.8. The maximum atomic E-state index is 11.8. The van der Waals surface area contributed by atoms with Gasteiger partial charge in [-0.05, 0) is 38.1 Å². The maximum Gasteiger partial charge on any atom is 0.272 e. The fraction of sp³-hybridized carbons (Fsp3) is 0.143. The monoisotopic (exact) mass is 254 g/mol. The van der Waals surface area contributed by atoms with Gasteiger partial charge < -0.3 is 0 Å². The molecule has 0 aliphatic heterocycles. The Bertz CT molecular complexity index is 608. The molecule has 96 valence electrons. The lowest BCUT2D eigenvalue weighted by molar-refractivity contribution is 0.0954. The third-order valence-corrected chi connectivity index (χ3v) is 2.51. The van der Waals surface area contributed by atoms with Crippen LogP contribution in [-0.4, -0.2) is 21.6 Å². The van der Waals surface area contributed by atoms with Crippen LogP contribution in [0.1, 0.15) is 28.7 Å². The lowest BCUT2D eigenvalue weighted by Crippen LogP contribution is -2.19. The molecule has 5 nitrogen and oxygen atoms in total. The molecule has 0 bridgehead atoms. The van der Waals surface area contributed by atoms with Gasteiger partial charge in [-0.1, -0.05) is 6.07 Å². The summed E-state index contributed by atoms with van der Waals surface area (Å²) in [4.78, 5) is 20.0. The molecule has 0 radical (unpaired) electrons. The summed E-state index contributed by atoms with van der Waals surface area (Å²) < 4.78 is 0. The van der Waals surface area contributed by atoms with E-state index >= 15 is 0 Å². The Hall–Kier alpha value is -2.56. The Balaban J connectivity index is 2.09. The molecule has 5 heteroatoms. The van der Waals surface area contributed by atoms with E-state index in [4.69, 9.17) is 0 Å². The quantitative estimate of drug-likeness (QED) is 0.672. The first-order valence-corrected chi connectivity index (χ1v) is 5.85. The Morgan fingerprint density at radius 2 is 2.11 bits per heavy atom. The summed E-state index contributed by atoms with van der Waals surface area (Å²) in [5, 5.41) is 4.04. The molecule has 0 aliphatic rings. The van der Waals surface area contributed by atoms with Gasteiger partial charge in [0.25, 0.3) is 5.91 Å². The molecule has 0 saturated heterocycles. The number of nitrogens with zero attached hydrogens (tertiary/aromatic N) is 3. The Morgan fingerprint density at radius 1 is 1.26 bits per heavy atom. The second-order valence-electron chi connectivity index (χ2n) is 4.04. The fourth-order valence-electron chi connectivity index (χ4n) is 1.50. The molecule has 1 amide bonds. The van der Waals surface area contributed by atoms with Gasteiger partial charge in [0, 0.05) is 18.1 Å². The summed E-state index contributed by atoms with van der Waals surface area (Å²) in [5.74, 6) is -0.292. The molecule has 19 heavy (non-hydrogen) atoms. The van der Waals surface area contributed by atoms with Crippen molar-refractivity contribution in [1.82, 2.24) is 15.4 Å². The van der Waals surface area contributed by atoms with Gasteiger partial charge in [-0.15, -0.1) is 0 Å². The highest BCUT2D eigenvalue weighted by Gasteiger charge is 2.04. The molecule has 2 heterocycles. The standard InChI is InChI=1S/C14H14N4O/c1-10-5-3-7-13(16-10)11(2)17-18-14(19)12-6-4-8-15-9-12/h3-9H,1-2H3,(H,18,19)/b17-11-. The van der Waals surface area contributed by atoms with Gasteiger partial charge in [0.05, 0.1) is 17.0 Å². The van der Waals surface area contributed by atoms with Crippen LogP contribution in [0.25, 0.3) is 0 Å².